The molecule has 0 spiro atoms. The maximum Gasteiger partial charge on any atom is 0.0434 e. The summed E-state index contributed by atoms with van der Waals surface area (Å²) in [6.07, 6.45) is 4.78. The van der Waals surface area contributed by atoms with Crippen LogP contribution in [-0.4, -0.2) is 18.3 Å². The Kier molecular flexibility index (Phi) is 5.21. The normalized spacial score (nSPS) is 16.8. The fraction of sp³-hybridized carbons (Fsp3) is 0.625. The zero-order valence-electron chi connectivity index (χ0n) is 11.4. The predicted molar refractivity (Wildman–Crippen MR) is 75.6 cm³/mol. The maximum absolute atomic E-state index is 8.96. The van der Waals surface area contributed by atoms with Crippen molar-refractivity contribution in [3.8, 4) is 0 Å². The van der Waals surface area contributed by atoms with E-state index in [1.807, 2.05) is 0 Å². The van der Waals surface area contributed by atoms with E-state index in [4.69, 9.17) is 5.11 Å². The molecule has 18 heavy (non-hydrogen) atoms. The Labute approximate surface area is 110 Å². The molecular formula is C16H25NO. The van der Waals surface area contributed by atoms with E-state index in [2.05, 4.69) is 36.5 Å². The van der Waals surface area contributed by atoms with E-state index < -0.39 is 0 Å². The molecule has 2 nitrogen and oxygen atoms in total. The van der Waals surface area contributed by atoms with Crippen molar-refractivity contribution in [2.45, 2.75) is 45.1 Å². The molecule has 0 aliphatic heterocycles. The highest BCUT2D eigenvalue weighted by atomic mass is 16.3. The van der Waals surface area contributed by atoms with Gasteiger partial charge in [0.1, 0.15) is 0 Å². The highest BCUT2D eigenvalue weighted by molar-refractivity contribution is 5.29. The molecule has 0 heterocycles. The maximum atomic E-state index is 8.96. The number of hydrogen-bond acceptors (Lipinski definition) is 2. The van der Waals surface area contributed by atoms with Crippen LogP contribution in [0.4, 0.5) is 0 Å². The lowest BCUT2D eigenvalue weighted by Crippen LogP contribution is -2.22. The molecule has 0 amide bonds. The molecule has 1 aliphatic carbocycles. The Balaban J connectivity index is 1.77. The lowest BCUT2D eigenvalue weighted by Gasteiger charge is -2.14. The quantitative estimate of drug-likeness (QED) is 0.740. The molecular weight excluding hydrogens is 222 g/mol. The summed E-state index contributed by atoms with van der Waals surface area (Å²) < 4.78 is 0. The summed E-state index contributed by atoms with van der Waals surface area (Å²) in [5, 5.41) is 12.5. The van der Waals surface area contributed by atoms with Crippen LogP contribution < -0.4 is 5.32 Å². The summed E-state index contributed by atoms with van der Waals surface area (Å²) in [6, 6.07) is 8.97. The van der Waals surface area contributed by atoms with Crippen LogP contribution in [-0.2, 0) is 6.54 Å². The first-order valence-corrected chi connectivity index (χ1v) is 7.24. The molecule has 0 radical (unpaired) electrons. The largest absolute Gasteiger partial charge is 0.396 e. The van der Waals surface area contributed by atoms with Gasteiger partial charge in [0.15, 0.2) is 0 Å². The van der Waals surface area contributed by atoms with Crippen LogP contribution in [0.1, 0.15) is 49.7 Å². The molecule has 0 saturated heterocycles. The first-order valence-electron chi connectivity index (χ1n) is 7.24. The molecule has 1 aliphatic rings. The molecule has 0 aromatic heterocycles. The number of aliphatic hydroxyl groups is 1. The fourth-order valence-electron chi connectivity index (χ4n) is 2.43. The molecule has 0 bridgehead atoms. The van der Waals surface area contributed by atoms with Crippen molar-refractivity contribution in [1.82, 2.24) is 5.32 Å². The van der Waals surface area contributed by atoms with Gasteiger partial charge >= 0.3 is 0 Å². The molecule has 1 aromatic carbocycles. The van der Waals surface area contributed by atoms with Crippen LogP contribution in [0, 0.1) is 5.92 Å². The van der Waals surface area contributed by atoms with Gasteiger partial charge in [0.2, 0.25) is 0 Å². The summed E-state index contributed by atoms with van der Waals surface area (Å²) in [5.74, 6) is 1.43. The Morgan fingerprint density at radius 3 is 2.89 bits per heavy atom. The van der Waals surface area contributed by atoms with Crippen molar-refractivity contribution in [1.29, 1.82) is 0 Å². The average molecular weight is 247 g/mol. The van der Waals surface area contributed by atoms with Crippen LogP contribution in [0.15, 0.2) is 24.3 Å². The van der Waals surface area contributed by atoms with E-state index in [0.717, 1.165) is 31.8 Å². The summed E-state index contributed by atoms with van der Waals surface area (Å²) >= 11 is 0. The number of rotatable bonds is 8. The van der Waals surface area contributed by atoms with E-state index in [1.54, 1.807) is 0 Å². The van der Waals surface area contributed by atoms with Gasteiger partial charge < -0.3 is 10.4 Å². The lowest BCUT2D eigenvalue weighted by molar-refractivity contribution is 0.251. The molecule has 1 aromatic rings. The van der Waals surface area contributed by atoms with Crippen molar-refractivity contribution in [3.05, 3.63) is 35.4 Å². The van der Waals surface area contributed by atoms with Crippen molar-refractivity contribution < 1.29 is 5.11 Å². The highest BCUT2D eigenvalue weighted by Gasteiger charge is 2.23. The van der Waals surface area contributed by atoms with Crippen molar-refractivity contribution in [2.75, 3.05) is 13.2 Å². The van der Waals surface area contributed by atoms with Crippen LogP contribution in [0.3, 0.4) is 0 Å². The van der Waals surface area contributed by atoms with E-state index in [9.17, 15) is 0 Å². The molecule has 2 heteroatoms. The molecule has 1 saturated carbocycles. The monoisotopic (exact) mass is 247 g/mol. The minimum absolute atomic E-state index is 0.303. The molecule has 1 atom stereocenters. The van der Waals surface area contributed by atoms with Crippen molar-refractivity contribution in [2.24, 2.45) is 5.92 Å². The topological polar surface area (TPSA) is 32.3 Å². The third-order valence-corrected chi connectivity index (χ3v) is 3.88. The van der Waals surface area contributed by atoms with Gasteiger partial charge in [-0.2, -0.15) is 0 Å². The van der Waals surface area contributed by atoms with Crippen molar-refractivity contribution >= 4 is 0 Å². The summed E-state index contributed by atoms with van der Waals surface area (Å²) in [7, 11) is 0. The zero-order valence-corrected chi connectivity index (χ0v) is 11.4. The van der Waals surface area contributed by atoms with Crippen molar-refractivity contribution in [3.63, 3.8) is 0 Å². The average Bonchev–Trinajstić information content (AvgIpc) is 3.22. The number of aliphatic hydroxyl groups excluding tert-OH is 1. The second-order valence-corrected chi connectivity index (χ2v) is 5.44. The van der Waals surface area contributed by atoms with Gasteiger partial charge in [-0.1, -0.05) is 37.6 Å². The second kappa shape index (κ2) is 6.91. The zero-order chi connectivity index (χ0) is 12.8. The third kappa shape index (κ3) is 4.11. The van der Waals surface area contributed by atoms with Crippen LogP contribution in [0.25, 0.3) is 0 Å². The second-order valence-electron chi connectivity index (χ2n) is 5.44. The van der Waals surface area contributed by atoms with Crippen LogP contribution in [0.2, 0.25) is 0 Å². The number of nitrogens with one attached hydrogen (secondary N) is 1. The number of hydrogen-bond donors (Lipinski definition) is 2. The van der Waals surface area contributed by atoms with E-state index in [0.29, 0.717) is 12.5 Å². The standard InChI is InChI=1S/C16H25NO/c1-2-13(8-9-18)11-17-12-14-4-3-5-16(10-14)15-6-7-15/h3-5,10,13,15,17-18H,2,6-9,11-12H2,1H3. The van der Waals surface area contributed by atoms with Gasteiger partial charge in [0.05, 0.1) is 0 Å². The van der Waals surface area contributed by atoms with E-state index >= 15 is 0 Å². The first kappa shape index (κ1) is 13.6. The van der Waals surface area contributed by atoms with Gasteiger partial charge in [-0.05, 0) is 48.8 Å². The minimum atomic E-state index is 0.303. The van der Waals surface area contributed by atoms with E-state index in [-0.39, 0.29) is 0 Å². The molecule has 100 valence electrons. The van der Waals surface area contributed by atoms with Crippen LogP contribution >= 0.6 is 0 Å². The summed E-state index contributed by atoms with van der Waals surface area (Å²) in [4.78, 5) is 0. The van der Waals surface area contributed by atoms with Gasteiger partial charge in [-0.15, -0.1) is 0 Å². The van der Waals surface area contributed by atoms with Gasteiger partial charge in [-0.3, -0.25) is 0 Å². The Bertz CT molecular complexity index is 360. The smallest absolute Gasteiger partial charge is 0.0434 e. The van der Waals surface area contributed by atoms with Crippen LogP contribution in [0.5, 0.6) is 0 Å². The third-order valence-electron chi connectivity index (χ3n) is 3.88. The molecule has 2 N–H and O–H groups in total. The Morgan fingerprint density at radius 2 is 2.22 bits per heavy atom. The van der Waals surface area contributed by atoms with E-state index in [1.165, 1.54) is 24.0 Å². The molecule has 1 fully saturated rings. The Morgan fingerprint density at radius 1 is 1.39 bits per heavy atom. The number of benzene rings is 1. The highest BCUT2D eigenvalue weighted by Crippen LogP contribution is 2.40. The predicted octanol–water partition coefficient (Wildman–Crippen LogP) is 3.06. The fourth-order valence-corrected chi connectivity index (χ4v) is 2.43. The summed E-state index contributed by atoms with van der Waals surface area (Å²) in [5.41, 5.74) is 2.90. The van der Waals surface area contributed by atoms with Gasteiger partial charge in [0.25, 0.3) is 0 Å². The first-order chi connectivity index (χ1) is 8.83. The summed E-state index contributed by atoms with van der Waals surface area (Å²) in [6.45, 7) is 4.44. The molecule has 2 rings (SSSR count). The van der Waals surface area contributed by atoms with Gasteiger partial charge in [0, 0.05) is 13.2 Å². The Hall–Kier alpha value is -0.860. The SMILES string of the molecule is CCC(CCO)CNCc1cccc(C2CC2)c1. The van der Waals surface area contributed by atoms with Gasteiger partial charge in [-0.25, -0.2) is 0 Å². The lowest BCUT2D eigenvalue weighted by atomic mass is 10.0. The molecule has 1 unspecified atom stereocenters. The minimum Gasteiger partial charge on any atom is -0.396 e.